The normalized spacial score (nSPS) is 10.7. The smallest absolute Gasteiger partial charge is 0.225 e. The van der Waals surface area contributed by atoms with Gasteiger partial charge >= 0.3 is 0 Å². The second-order valence-electron chi connectivity index (χ2n) is 5.33. The summed E-state index contributed by atoms with van der Waals surface area (Å²) in [6, 6.07) is 17.4. The molecule has 0 heterocycles. The van der Waals surface area contributed by atoms with Gasteiger partial charge in [-0.3, -0.25) is 9.69 Å². The number of hydrogen-bond donors (Lipinski definition) is 2. The minimum absolute atomic E-state index is 0.0480. The van der Waals surface area contributed by atoms with Gasteiger partial charge in [0.1, 0.15) is 0 Å². The zero-order valence-corrected chi connectivity index (χ0v) is 13.8. The van der Waals surface area contributed by atoms with E-state index >= 15 is 0 Å². The van der Waals surface area contributed by atoms with E-state index in [9.17, 15) is 4.79 Å². The monoisotopic (exact) mass is 331 g/mol. The van der Waals surface area contributed by atoms with Crippen molar-refractivity contribution in [2.45, 2.75) is 13.0 Å². The van der Waals surface area contributed by atoms with Crippen LogP contribution in [0.3, 0.4) is 0 Å². The molecule has 2 aromatic carbocycles. The second kappa shape index (κ2) is 9.30. The number of anilines is 1. The molecule has 3 N–H and O–H groups in total. The Labute approximate surface area is 142 Å². The lowest BCUT2D eigenvalue weighted by molar-refractivity contribution is -0.116. The number of rotatable bonds is 8. The van der Waals surface area contributed by atoms with E-state index in [1.165, 1.54) is 5.56 Å². The third kappa shape index (κ3) is 6.02. The molecule has 0 spiro atoms. The van der Waals surface area contributed by atoms with Crippen molar-refractivity contribution >= 4 is 23.2 Å². The first-order valence-electron chi connectivity index (χ1n) is 7.70. The van der Waals surface area contributed by atoms with Crippen molar-refractivity contribution in [3.8, 4) is 0 Å². The number of benzene rings is 2. The predicted molar refractivity (Wildman–Crippen MR) is 95.5 cm³/mol. The van der Waals surface area contributed by atoms with E-state index in [0.717, 1.165) is 13.1 Å². The Kier molecular flexibility index (Phi) is 7.07. The maximum absolute atomic E-state index is 12.1. The van der Waals surface area contributed by atoms with Crippen molar-refractivity contribution < 1.29 is 4.79 Å². The third-order valence-electron chi connectivity index (χ3n) is 3.50. The van der Waals surface area contributed by atoms with Crippen molar-refractivity contribution in [2.75, 3.05) is 25.0 Å². The molecule has 5 heteroatoms. The van der Waals surface area contributed by atoms with Crippen molar-refractivity contribution in [2.24, 2.45) is 5.73 Å². The van der Waals surface area contributed by atoms with E-state index in [1.807, 2.05) is 30.3 Å². The van der Waals surface area contributed by atoms with Crippen LogP contribution >= 0.6 is 11.6 Å². The Morgan fingerprint density at radius 3 is 2.43 bits per heavy atom. The number of amides is 1. The number of carbonyl (C=O) groups excluding carboxylic acids is 1. The Bertz CT molecular complexity index is 619. The van der Waals surface area contributed by atoms with Crippen LogP contribution < -0.4 is 11.1 Å². The Morgan fingerprint density at radius 1 is 1.04 bits per heavy atom. The Balaban J connectivity index is 1.85. The molecule has 4 nitrogen and oxygen atoms in total. The largest absolute Gasteiger partial charge is 0.329 e. The summed E-state index contributed by atoms with van der Waals surface area (Å²) in [6.07, 6.45) is 0.401. The van der Waals surface area contributed by atoms with Gasteiger partial charge in [-0.25, -0.2) is 0 Å². The fourth-order valence-corrected chi connectivity index (χ4v) is 2.51. The lowest BCUT2D eigenvalue weighted by atomic mass is 10.2. The van der Waals surface area contributed by atoms with Gasteiger partial charge in [-0.05, 0) is 17.7 Å². The maximum Gasteiger partial charge on any atom is 0.225 e. The lowest BCUT2D eigenvalue weighted by Crippen LogP contribution is -2.32. The molecule has 0 atom stereocenters. The molecule has 0 aliphatic rings. The first kappa shape index (κ1) is 17.5. The summed E-state index contributed by atoms with van der Waals surface area (Å²) in [5.41, 5.74) is 7.53. The molecule has 23 heavy (non-hydrogen) atoms. The van der Waals surface area contributed by atoms with Crippen LogP contribution in [-0.2, 0) is 11.3 Å². The Morgan fingerprint density at radius 2 is 1.74 bits per heavy atom. The minimum atomic E-state index is -0.0480. The first-order chi connectivity index (χ1) is 11.2. The lowest BCUT2D eigenvalue weighted by Gasteiger charge is -2.21. The summed E-state index contributed by atoms with van der Waals surface area (Å²) in [6.45, 7) is 2.77. The molecule has 0 radical (unpaired) electrons. The van der Waals surface area contributed by atoms with Gasteiger partial charge < -0.3 is 11.1 Å². The molecule has 122 valence electrons. The fourth-order valence-electron chi connectivity index (χ4n) is 2.33. The predicted octanol–water partition coefficient (Wildman–Crippen LogP) is 3.13. The van der Waals surface area contributed by atoms with Crippen LogP contribution in [0.1, 0.15) is 12.0 Å². The van der Waals surface area contributed by atoms with Crippen LogP contribution in [0.15, 0.2) is 54.6 Å². The average molecular weight is 332 g/mol. The SMILES string of the molecule is NCCN(CCC(=O)Nc1ccccc1Cl)Cc1ccccc1. The van der Waals surface area contributed by atoms with Gasteiger partial charge in [0.2, 0.25) is 5.91 Å². The highest BCUT2D eigenvalue weighted by molar-refractivity contribution is 6.33. The number of carbonyl (C=O) groups is 1. The molecule has 0 unspecified atom stereocenters. The van der Waals surface area contributed by atoms with Crippen molar-refractivity contribution in [3.05, 3.63) is 65.2 Å². The van der Waals surface area contributed by atoms with Gasteiger partial charge in [0.25, 0.3) is 0 Å². The topological polar surface area (TPSA) is 58.4 Å². The number of halogens is 1. The summed E-state index contributed by atoms with van der Waals surface area (Å²) in [5.74, 6) is -0.0480. The van der Waals surface area contributed by atoms with Gasteiger partial charge in [0.15, 0.2) is 0 Å². The molecule has 0 aliphatic heterocycles. The average Bonchev–Trinajstić information content (AvgIpc) is 2.56. The molecule has 0 aromatic heterocycles. The molecule has 0 saturated carbocycles. The molecule has 1 amide bonds. The molecule has 0 bridgehead atoms. The molecule has 2 aromatic rings. The van der Waals surface area contributed by atoms with E-state index in [2.05, 4.69) is 22.3 Å². The van der Waals surface area contributed by atoms with Gasteiger partial charge in [-0.2, -0.15) is 0 Å². The van der Waals surface area contributed by atoms with E-state index < -0.39 is 0 Å². The van der Waals surface area contributed by atoms with Crippen LogP contribution in [0.2, 0.25) is 5.02 Å². The third-order valence-corrected chi connectivity index (χ3v) is 3.83. The van der Waals surface area contributed by atoms with Crippen LogP contribution in [0, 0.1) is 0 Å². The summed E-state index contributed by atoms with van der Waals surface area (Å²) in [7, 11) is 0. The zero-order chi connectivity index (χ0) is 16.5. The zero-order valence-electron chi connectivity index (χ0n) is 13.0. The highest BCUT2D eigenvalue weighted by Crippen LogP contribution is 2.20. The van der Waals surface area contributed by atoms with Crippen LogP contribution in [0.5, 0.6) is 0 Å². The van der Waals surface area contributed by atoms with Crippen LogP contribution in [0.25, 0.3) is 0 Å². The van der Waals surface area contributed by atoms with Gasteiger partial charge in [-0.1, -0.05) is 54.1 Å². The fraction of sp³-hybridized carbons (Fsp3) is 0.278. The molecular weight excluding hydrogens is 310 g/mol. The standard InChI is InChI=1S/C18H22ClN3O/c19-16-8-4-5-9-17(16)21-18(23)10-12-22(13-11-20)14-15-6-2-1-3-7-15/h1-9H,10-14,20H2,(H,21,23). The summed E-state index contributed by atoms with van der Waals surface area (Å²) in [5, 5.41) is 3.39. The highest BCUT2D eigenvalue weighted by atomic mass is 35.5. The number of para-hydroxylation sites is 1. The second-order valence-corrected chi connectivity index (χ2v) is 5.74. The van der Waals surface area contributed by atoms with Crippen molar-refractivity contribution in [1.29, 1.82) is 0 Å². The number of hydrogen-bond acceptors (Lipinski definition) is 3. The van der Waals surface area contributed by atoms with Gasteiger partial charge in [-0.15, -0.1) is 0 Å². The molecule has 0 fully saturated rings. The van der Waals surface area contributed by atoms with Crippen molar-refractivity contribution in [1.82, 2.24) is 4.90 Å². The van der Waals surface area contributed by atoms with Crippen molar-refractivity contribution in [3.63, 3.8) is 0 Å². The quantitative estimate of drug-likeness (QED) is 0.781. The van der Waals surface area contributed by atoms with E-state index in [1.54, 1.807) is 12.1 Å². The van der Waals surface area contributed by atoms with E-state index in [4.69, 9.17) is 17.3 Å². The van der Waals surface area contributed by atoms with Crippen LogP contribution in [0.4, 0.5) is 5.69 Å². The van der Waals surface area contributed by atoms with Crippen LogP contribution in [-0.4, -0.2) is 30.4 Å². The summed E-state index contributed by atoms with van der Waals surface area (Å²) < 4.78 is 0. The van der Waals surface area contributed by atoms with Gasteiger partial charge in [0.05, 0.1) is 10.7 Å². The maximum atomic E-state index is 12.1. The molecular formula is C18H22ClN3O. The number of nitrogens with zero attached hydrogens (tertiary/aromatic N) is 1. The first-order valence-corrected chi connectivity index (χ1v) is 8.07. The molecule has 0 aliphatic carbocycles. The summed E-state index contributed by atoms with van der Waals surface area (Å²) >= 11 is 6.05. The highest BCUT2D eigenvalue weighted by Gasteiger charge is 2.10. The minimum Gasteiger partial charge on any atom is -0.329 e. The number of nitrogens with two attached hydrogens (primary N) is 1. The summed E-state index contributed by atoms with van der Waals surface area (Å²) in [4.78, 5) is 14.3. The van der Waals surface area contributed by atoms with E-state index in [0.29, 0.717) is 30.2 Å². The van der Waals surface area contributed by atoms with Gasteiger partial charge in [0, 0.05) is 32.6 Å². The molecule has 2 rings (SSSR count). The number of nitrogens with one attached hydrogen (secondary N) is 1. The Hall–Kier alpha value is -1.88. The molecule has 0 saturated heterocycles. The van der Waals surface area contributed by atoms with E-state index in [-0.39, 0.29) is 5.91 Å².